The monoisotopic (exact) mass is 337 g/mol. The molecule has 1 heterocycles. The molecule has 0 radical (unpaired) electrons. The first-order valence-corrected chi connectivity index (χ1v) is 7.66. The Kier molecular flexibility index (Phi) is 3.54. The van der Waals surface area contributed by atoms with Crippen LogP contribution in [0, 0.1) is 11.8 Å². The fourth-order valence-electron chi connectivity index (χ4n) is 3.04. The van der Waals surface area contributed by atoms with Crippen LogP contribution in [-0.4, -0.2) is 28.4 Å². The molecule has 3 unspecified atom stereocenters. The predicted octanol–water partition coefficient (Wildman–Crippen LogP) is 2.83. The highest BCUT2D eigenvalue weighted by Gasteiger charge is 2.51. The van der Waals surface area contributed by atoms with Crippen LogP contribution in [0.25, 0.3) is 0 Å². The minimum Gasteiger partial charge on any atom is -0.481 e. The van der Waals surface area contributed by atoms with Crippen molar-refractivity contribution in [2.24, 2.45) is 11.8 Å². The molecule has 1 N–H and O–H groups in total. The molecule has 106 valence electrons. The third-order valence-corrected chi connectivity index (χ3v) is 4.69. The van der Waals surface area contributed by atoms with Crippen LogP contribution < -0.4 is 0 Å². The lowest BCUT2D eigenvalue weighted by atomic mass is 10.0. The summed E-state index contributed by atoms with van der Waals surface area (Å²) in [5.74, 6) is -1.60. The highest BCUT2D eigenvalue weighted by atomic mass is 79.9. The second-order valence-electron chi connectivity index (χ2n) is 5.53. The Morgan fingerprint density at radius 3 is 2.75 bits per heavy atom. The SMILES string of the molecule is O=C(O)C1CC1C(=O)N1CCCC1c1cccc(Br)c1. The molecule has 3 atom stereocenters. The van der Waals surface area contributed by atoms with Gasteiger partial charge in [0.25, 0.3) is 0 Å². The maximum Gasteiger partial charge on any atom is 0.307 e. The molecule has 1 saturated carbocycles. The number of aliphatic carboxylic acids is 1. The molecule has 1 amide bonds. The molecule has 20 heavy (non-hydrogen) atoms. The second kappa shape index (κ2) is 5.20. The smallest absolute Gasteiger partial charge is 0.307 e. The van der Waals surface area contributed by atoms with Crippen LogP contribution in [0.1, 0.15) is 30.9 Å². The van der Waals surface area contributed by atoms with Gasteiger partial charge in [-0.2, -0.15) is 0 Å². The van der Waals surface area contributed by atoms with Gasteiger partial charge in [-0.05, 0) is 37.0 Å². The number of halogens is 1. The zero-order valence-electron chi connectivity index (χ0n) is 11.0. The number of carbonyl (C=O) groups excluding carboxylic acids is 1. The summed E-state index contributed by atoms with van der Waals surface area (Å²) in [4.78, 5) is 25.2. The van der Waals surface area contributed by atoms with Crippen LogP contribution in [-0.2, 0) is 9.59 Å². The summed E-state index contributed by atoms with van der Waals surface area (Å²) in [5, 5.41) is 8.96. The van der Waals surface area contributed by atoms with Gasteiger partial charge in [0.1, 0.15) is 0 Å². The lowest BCUT2D eigenvalue weighted by Crippen LogP contribution is -2.32. The zero-order chi connectivity index (χ0) is 14.3. The Balaban J connectivity index is 1.76. The number of hydrogen-bond acceptors (Lipinski definition) is 2. The van der Waals surface area contributed by atoms with E-state index in [9.17, 15) is 9.59 Å². The summed E-state index contributed by atoms with van der Waals surface area (Å²) < 4.78 is 1.00. The van der Waals surface area contributed by atoms with E-state index in [4.69, 9.17) is 5.11 Å². The summed E-state index contributed by atoms with van der Waals surface area (Å²) >= 11 is 3.45. The number of amides is 1. The third-order valence-electron chi connectivity index (χ3n) is 4.19. The molecule has 1 aliphatic heterocycles. The van der Waals surface area contributed by atoms with Gasteiger partial charge in [0, 0.05) is 11.0 Å². The topological polar surface area (TPSA) is 57.6 Å². The van der Waals surface area contributed by atoms with E-state index in [1.54, 1.807) is 0 Å². The molecule has 0 bridgehead atoms. The lowest BCUT2D eigenvalue weighted by Gasteiger charge is -2.25. The summed E-state index contributed by atoms with van der Waals surface area (Å²) in [6.07, 6.45) is 2.43. The van der Waals surface area contributed by atoms with Gasteiger partial charge in [0.2, 0.25) is 5.91 Å². The van der Waals surface area contributed by atoms with Gasteiger partial charge in [-0.25, -0.2) is 0 Å². The summed E-state index contributed by atoms with van der Waals surface area (Å²) in [6.45, 7) is 0.735. The van der Waals surface area contributed by atoms with Crippen LogP contribution in [0.3, 0.4) is 0 Å². The lowest BCUT2D eigenvalue weighted by molar-refractivity contribution is -0.142. The first-order chi connectivity index (χ1) is 9.58. The molecule has 0 spiro atoms. The minimum absolute atomic E-state index is 0.0138. The largest absolute Gasteiger partial charge is 0.481 e. The second-order valence-corrected chi connectivity index (χ2v) is 6.45. The maximum absolute atomic E-state index is 12.4. The van der Waals surface area contributed by atoms with Gasteiger partial charge in [-0.1, -0.05) is 28.1 Å². The predicted molar refractivity (Wildman–Crippen MR) is 77.1 cm³/mol. The van der Waals surface area contributed by atoms with E-state index in [0.717, 1.165) is 29.4 Å². The van der Waals surface area contributed by atoms with Crippen LogP contribution in [0.5, 0.6) is 0 Å². The average molecular weight is 338 g/mol. The van der Waals surface area contributed by atoms with Crippen molar-refractivity contribution in [3.63, 3.8) is 0 Å². The number of hydrogen-bond donors (Lipinski definition) is 1. The molecule has 2 fully saturated rings. The zero-order valence-corrected chi connectivity index (χ0v) is 12.5. The van der Waals surface area contributed by atoms with Gasteiger partial charge in [-0.3, -0.25) is 9.59 Å². The molecule has 1 aromatic rings. The fraction of sp³-hybridized carbons (Fsp3) is 0.467. The quantitative estimate of drug-likeness (QED) is 0.922. The molecule has 0 aromatic heterocycles. The highest BCUT2D eigenvalue weighted by Crippen LogP contribution is 2.43. The number of carboxylic acids is 1. The van der Waals surface area contributed by atoms with Gasteiger partial charge in [0.15, 0.2) is 0 Å². The average Bonchev–Trinajstić information content (AvgIpc) is 3.07. The Morgan fingerprint density at radius 2 is 2.10 bits per heavy atom. The van der Waals surface area contributed by atoms with E-state index >= 15 is 0 Å². The van der Waals surface area contributed by atoms with Crippen molar-refractivity contribution in [3.05, 3.63) is 34.3 Å². The number of rotatable bonds is 3. The van der Waals surface area contributed by atoms with Gasteiger partial charge >= 0.3 is 5.97 Å². The standard InChI is InChI=1S/C15H16BrNO3/c16-10-4-1-3-9(7-10)13-5-2-6-17(13)14(18)11-8-12(11)15(19)20/h1,3-4,7,11-13H,2,5-6,8H2,(H,19,20). The Bertz CT molecular complexity index is 560. The van der Waals surface area contributed by atoms with E-state index in [0.29, 0.717) is 6.42 Å². The van der Waals surface area contributed by atoms with Crippen molar-refractivity contribution in [1.82, 2.24) is 4.90 Å². The van der Waals surface area contributed by atoms with Crippen LogP contribution in [0.2, 0.25) is 0 Å². The molecular formula is C15H16BrNO3. The Hall–Kier alpha value is -1.36. The number of likely N-dealkylation sites (tertiary alicyclic amines) is 1. The van der Waals surface area contributed by atoms with Crippen molar-refractivity contribution in [3.8, 4) is 0 Å². The fourth-order valence-corrected chi connectivity index (χ4v) is 3.46. The first-order valence-electron chi connectivity index (χ1n) is 6.86. The molecule has 1 aliphatic carbocycles. The van der Waals surface area contributed by atoms with E-state index in [1.807, 2.05) is 29.2 Å². The maximum atomic E-state index is 12.4. The third kappa shape index (κ3) is 2.46. The van der Waals surface area contributed by atoms with E-state index < -0.39 is 11.9 Å². The summed E-state index contributed by atoms with van der Waals surface area (Å²) in [5.41, 5.74) is 1.12. The van der Waals surface area contributed by atoms with Gasteiger partial charge in [0.05, 0.1) is 17.9 Å². The van der Waals surface area contributed by atoms with Gasteiger partial charge in [-0.15, -0.1) is 0 Å². The molecule has 1 aromatic carbocycles. The molecule has 3 rings (SSSR count). The Labute approximate surface area is 125 Å². The highest BCUT2D eigenvalue weighted by molar-refractivity contribution is 9.10. The van der Waals surface area contributed by atoms with Crippen molar-refractivity contribution >= 4 is 27.8 Å². The molecule has 2 aliphatic rings. The number of benzene rings is 1. The van der Waals surface area contributed by atoms with E-state index in [-0.39, 0.29) is 17.9 Å². The first kappa shape index (κ1) is 13.6. The van der Waals surface area contributed by atoms with Gasteiger partial charge < -0.3 is 10.0 Å². The van der Waals surface area contributed by atoms with Crippen molar-refractivity contribution in [1.29, 1.82) is 0 Å². The number of carbonyl (C=O) groups is 2. The van der Waals surface area contributed by atoms with Crippen molar-refractivity contribution < 1.29 is 14.7 Å². The van der Waals surface area contributed by atoms with E-state index in [1.165, 1.54) is 0 Å². The van der Waals surface area contributed by atoms with E-state index in [2.05, 4.69) is 15.9 Å². The molecule has 1 saturated heterocycles. The number of carboxylic acid groups (broad SMARTS) is 1. The number of nitrogens with zero attached hydrogens (tertiary/aromatic N) is 1. The van der Waals surface area contributed by atoms with Crippen LogP contribution in [0.4, 0.5) is 0 Å². The summed E-state index contributed by atoms with van der Waals surface area (Å²) in [6, 6.07) is 8.10. The van der Waals surface area contributed by atoms with Crippen LogP contribution >= 0.6 is 15.9 Å². The van der Waals surface area contributed by atoms with Crippen molar-refractivity contribution in [2.75, 3.05) is 6.54 Å². The normalized spacial score (nSPS) is 28.4. The van der Waals surface area contributed by atoms with Crippen LogP contribution in [0.15, 0.2) is 28.7 Å². The molecule has 4 nitrogen and oxygen atoms in total. The minimum atomic E-state index is -0.846. The molecular weight excluding hydrogens is 322 g/mol. The summed E-state index contributed by atoms with van der Waals surface area (Å²) in [7, 11) is 0. The van der Waals surface area contributed by atoms with Crippen molar-refractivity contribution in [2.45, 2.75) is 25.3 Å². The molecule has 5 heteroatoms. The Morgan fingerprint density at radius 1 is 1.30 bits per heavy atom.